The number of carbonyl (C=O) groups excluding carboxylic acids is 1. The molecule has 0 aliphatic carbocycles. The molecule has 0 saturated heterocycles. The topological polar surface area (TPSA) is 66.8 Å². The quantitative estimate of drug-likeness (QED) is 0.268. The molecular formula is C26H42O4. The summed E-state index contributed by atoms with van der Waals surface area (Å²) in [6, 6.07) is 4.63. The minimum absolute atomic E-state index is 0.0931. The molecule has 0 spiro atoms. The summed E-state index contributed by atoms with van der Waals surface area (Å²) < 4.78 is 5.53. The van der Waals surface area contributed by atoms with E-state index < -0.39 is 5.41 Å². The molecule has 170 valence electrons. The van der Waals surface area contributed by atoms with Crippen LogP contribution in [0.3, 0.4) is 0 Å². The van der Waals surface area contributed by atoms with Crippen LogP contribution in [0, 0.1) is 21.7 Å². The molecule has 30 heavy (non-hydrogen) atoms. The van der Waals surface area contributed by atoms with Gasteiger partial charge in [0, 0.05) is 6.42 Å². The average molecular weight is 419 g/mol. The van der Waals surface area contributed by atoms with Crippen molar-refractivity contribution in [2.45, 2.75) is 81.6 Å². The van der Waals surface area contributed by atoms with Crippen LogP contribution in [0.25, 0.3) is 0 Å². The number of rotatable bonds is 9. The number of phenolic OH excluding ortho intramolecular Hbond substituents is 2. The number of phenols is 2. The predicted molar refractivity (Wildman–Crippen MR) is 124 cm³/mol. The smallest absolute Gasteiger partial charge is 0.311 e. The summed E-state index contributed by atoms with van der Waals surface area (Å²) in [4.78, 5) is 12.7. The molecule has 0 fully saturated rings. The molecule has 2 N–H and O–H groups in total. The Bertz CT molecular complexity index is 749. The standard InChI is InChI=1S/C26H42O4/c1-23(2,3)17-24(4,5)13-14-25(6,7)18-26(8,9)22(29)30-15-12-19-10-11-20(27)21(28)16-19/h10-11,13-14,16,27-28H,12,15,17-18H2,1-9H3/b14-13-. The van der Waals surface area contributed by atoms with Crippen molar-refractivity contribution in [2.24, 2.45) is 21.7 Å². The Morgan fingerprint density at radius 3 is 1.90 bits per heavy atom. The van der Waals surface area contributed by atoms with Crippen LogP contribution in [0.2, 0.25) is 0 Å². The summed E-state index contributed by atoms with van der Waals surface area (Å²) in [5.74, 6) is -0.541. The maximum absolute atomic E-state index is 12.7. The fraction of sp³-hybridized carbons (Fsp3) is 0.654. The second kappa shape index (κ2) is 9.45. The SMILES string of the molecule is CC(C)(C)CC(C)(C)/C=C\C(C)(C)CC(C)(C)C(=O)OCCc1ccc(O)c(O)c1. The maximum atomic E-state index is 12.7. The van der Waals surface area contributed by atoms with Crippen LogP contribution < -0.4 is 0 Å². The van der Waals surface area contributed by atoms with E-state index in [1.165, 1.54) is 12.1 Å². The molecule has 1 aromatic rings. The fourth-order valence-corrected chi connectivity index (χ4v) is 4.33. The van der Waals surface area contributed by atoms with Crippen molar-refractivity contribution in [1.29, 1.82) is 0 Å². The summed E-state index contributed by atoms with van der Waals surface area (Å²) in [5, 5.41) is 19.0. The van der Waals surface area contributed by atoms with Gasteiger partial charge in [-0.05, 0) is 60.6 Å². The third-order valence-electron chi connectivity index (χ3n) is 5.09. The first-order chi connectivity index (χ1) is 13.4. The lowest BCUT2D eigenvalue weighted by atomic mass is 9.72. The molecule has 4 nitrogen and oxygen atoms in total. The molecule has 0 heterocycles. The molecular weight excluding hydrogens is 376 g/mol. The zero-order valence-electron chi connectivity index (χ0n) is 20.4. The van der Waals surface area contributed by atoms with Gasteiger partial charge in [-0.3, -0.25) is 4.79 Å². The third-order valence-corrected chi connectivity index (χ3v) is 5.09. The minimum atomic E-state index is -0.612. The number of esters is 1. The second-order valence-corrected chi connectivity index (χ2v) is 11.8. The van der Waals surface area contributed by atoms with Gasteiger partial charge in [0.2, 0.25) is 0 Å². The van der Waals surface area contributed by atoms with E-state index in [4.69, 9.17) is 4.74 Å². The highest BCUT2D eigenvalue weighted by Gasteiger charge is 2.35. The van der Waals surface area contributed by atoms with Crippen LogP contribution in [0.15, 0.2) is 30.4 Å². The van der Waals surface area contributed by atoms with Crippen molar-refractivity contribution in [3.63, 3.8) is 0 Å². The Labute approximate surface area is 183 Å². The number of hydrogen-bond donors (Lipinski definition) is 2. The maximum Gasteiger partial charge on any atom is 0.311 e. The molecule has 0 bridgehead atoms. The Morgan fingerprint density at radius 1 is 0.867 bits per heavy atom. The van der Waals surface area contributed by atoms with Gasteiger partial charge in [0.25, 0.3) is 0 Å². The van der Waals surface area contributed by atoms with Gasteiger partial charge in [0.15, 0.2) is 11.5 Å². The predicted octanol–water partition coefficient (Wildman–Crippen LogP) is 6.64. The lowest BCUT2D eigenvalue weighted by molar-refractivity contribution is -0.155. The van der Waals surface area contributed by atoms with Crippen molar-refractivity contribution in [2.75, 3.05) is 6.61 Å². The van der Waals surface area contributed by atoms with E-state index in [9.17, 15) is 15.0 Å². The first-order valence-corrected chi connectivity index (χ1v) is 10.8. The van der Waals surface area contributed by atoms with Crippen molar-refractivity contribution in [3.05, 3.63) is 35.9 Å². The van der Waals surface area contributed by atoms with Crippen molar-refractivity contribution in [1.82, 2.24) is 0 Å². The Balaban J connectivity index is 2.67. The molecule has 0 atom stereocenters. The van der Waals surface area contributed by atoms with E-state index in [1.54, 1.807) is 6.07 Å². The Kier molecular flexibility index (Phi) is 8.21. The zero-order valence-corrected chi connectivity index (χ0v) is 20.4. The number of hydrogen-bond acceptors (Lipinski definition) is 4. The zero-order chi connectivity index (χ0) is 23.4. The van der Waals surface area contributed by atoms with E-state index in [2.05, 4.69) is 60.6 Å². The highest BCUT2D eigenvalue weighted by Crippen LogP contribution is 2.39. The van der Waals surface area contributed by atoms with Gasteiger partial charge >= 0.3 is 5.97 Å². The largest absolute Gasteiger partial charge is 0.504 e. The molecule has 0 unspecified atom stereocenters. The van der Waals surface area contributed by atoms with Crippen LogP contribution in [0.1, 0.15) is 80.7 Å². The summed E-state index contributed by atoms with van der Waals surface area (Å²) in [6.07, 6.45) is 6.79. The van der Waals surface area contributed by atoms with Crippen LogP contribution in [0.4, 0.5) is 0 Å². The van der Waals surface area contributed by atoms with E-state index in [0.29, 0.717) is 12.8 Å². The van der Waals surface area contributed by atoms with Crippen LogP contribution >= 0.6 is 0 Å². The molecule has 0 aromatic heterocycles. The van der Waals surface area contributed by atoms with Gasteiger partial charge in [0.1, 0.15) is 0 Å². The third kappa shape index (κ3) is 9.23. The lowest BCUT2D eigenvalue weighted by Crippen LogP contribution is -2.32. The highest BCUT2D eigenvalue weighted by molar-refractivity contribution is 5.76. The average Bonchev–Trinajstić information content (AvgIpc) is 2.53. The van der Waals surface area contributed by atoms with Gasteiger partial charge < -0.3 is 14.9 Å². The second-order valence-electron chi connectivity index (χ2n) is 11.8. The lowest BCUT2D eigenvalue weighted by Gasteiger charge is -2.34. The first kappa shape index (κ1) is 26.1. The van der Waals surface area contributed by atoms with E-state index in [0.717, 1.165) is 12.0 Å². The molecule has 4 heteroatoms. The highest BCUT2D eigenvalue weighted by atomic mass is 16.5. The van der Waals surface area contributed by atoms with E-state index in [-0.39, 0.29) is 40.3 Å². The Hall–Kier alpha value is -1.97. The molecule has 1 aromatic carbocycles. The van der Waals surface area contributed by atoms with Crippen molar-refractivity contribution in [3.8, 4) is 11.5 Å². The molecule has 0 amide bonds. The van der Waals surface area contributed by atoms with Gasteiger partial charge in [-0.15, -0.1) is 0 Å². The normalized spacial score (nSPS) is 13.6. The van der Waals surface area contributed by atoms with Gasteiger partial charge in [-0.25, -0.2) is 0 Å². The number of aromatic hydroxyl groups is 2. The number of allylic oxidation sites excluding steroid dienone is 2. The van der Waals surface area contributed by atoms with Gasteiger partial charge in [0.05, 0.1) is 12.0 Å². The van der Waals surface area contributed by atoms with E-state index >= 15 is 0 Å². The van der Waals surface area contributed by atoms with Crippen molar-refractivity contribution >= 4 is 5.97 Å². The van der Waals surface area contributed by atoms with Crippen LogP contribution in [-0.2, 0) is 16.0 Å². The van der Waals surface area contributed by atoms with Gasteiger partial charge in [-0.2, -0.15) is 0 Å². The molecule has 0 radical (unpaired) electrons. The first-order valence-electron chi connectivity index (χ1n) is 10.8. The number of benzene rings is 1. The summed E-state index contributed by atoms with van der Waals surface area (Å²) in [5.41, 5.74) is 0.408. The Morgan fingerprint density at radius 2 is 1.40 bits per heavy atom. The van der Waals surface area contributed by atoms with Gasteiger partial charge in [-0.1, -0.05) is 66.7 Å². The molecule has 1 rings (SSSR count). The summed E-state index contributed by atoms with van der Waals surface area (Å²) in [6.45, 7) is 19.7. The monoisotopic (exact) mass is 418 g/mol. The summed E-state index contributed by atoms with van der Waals surface area (Å²) in [7, 11) is 0. The van der Waals surface area contributed by atoms with Crippen molar-refractivity contribution < 1.29 is 19.7 Å². The van der Waals surface area contributed by atoms with Crippen LogP contribution in [-0.4, -0.2) is 22.8 Å². The molecule has 0 aliphatic heterocycles. The van der Waals surface area contributed by atoms with Crippen LogP contribution in [0.5, 0.6) is 11.5 Å². The summed E-state index contributed by atoms with van der Waals surface area (Å²) >= 11 is 0. The molecule has 0 saturated carbocycles. The number of ether oxygens (including phenoxy) is 1. The van der Waals surface area contributed by atoms with E-state index in [1.807, 2.05) is 13.8 Å². The molecule has 0 aliphatic rings. The fourth-order valence-electron chi connectivity index (χ4n) is 4.33. The number of carbonyl (C=O) groups is 1. The minimum Gasteiger partial charge on any atom is -0.504 e.